The molecule has 1 aliphatic rings. The molecule has 2 atom stereocenters. The highest BCUT2D eigenvalue weighted by molar-refractivity contribution is 7.13. The molecule has 0 aromatic carbocycles. The van der Waals surface area contributed by atoms with E-state index in [0.29, 0.717) is 18.0 Å². The van der Waals surface area contributed by atoms with Gasteiger partial charge in [0.2, 0.25) is 0 Å². The van der Waals surface area contributed by atoms with Crippen LogP contribution in [-0.4, -0.2) is 40.0 Å². The van der Waals surface area contributed by atoms with Gasteiger partial charge < -0.3 is 10.0 Å². The Morgan fingerprint density at radius 3 is 2.71 bits per heavy atom. The first-order valence-electron chi connectivity index (χ1n) is 5.43. The van der Waals surface area contributed by atoms with E-state index in [-0.39, 0.29) is 11.8 Å². The van der Waals surface area contributed by atoms with Gasteiger partial charge in [0.05, 0.1) is 17.1 Å². The lowest BCUT2D eigenvalue weighted by Gasteiger charge is -2.13. The summed E-state index contributed by atoms with van der Waals surface area (Å²) in [4.78, 5) is 29.3. The summed E-state index contributed by atoms with van der Waals surface area (Å²) >= 11 is 1.34. The lowest BCUT2D eigenvalue weighted by molar-refractivity contribution is -0.142. The van der Waals surface area contributed by atoms with Crippen LogP contribution in [0.25, 0.3) is 0 Å². The van der Waals surface area contributed by atoms with Crippen LogP contribution in [0, 0.1) is 18.8 Å². The summed E-state index contributed by atoms with van der Waals surface area (Å²) in [6.45, 7) is 4.51. The van der Waals surface area contributed by atoms with Crippen molar-refractivity contribution in [1.29, 1.82) is 0 Å². The molecule has 0 aliphatic carbocycles. The number of aliphatic carboxylic acids is 1. The number of carbonyl (C=O) groups excluding carboxylic acids is 1. The van der Waals surface area contributed by atoms with Crippen LogP contribution < -0.4 is 0 Å². The highest BCUT2D eigenvalue weighted by Crippen LogP contribution is 2.25. The normalized spacial score (nSPS) is 24.0. The minimum atomic E-state index is -0.826. The summed E-state index contributed by atoms with van der Waals surface area (Å²) in [7, 11) is 0. The van der Waals surface area contributed by atoms with Crippen molar-refractivity contribution < 1.29 is 14.7 Å². The average molecular weight is 254 g/mol. The van der Waals surface area contributed by atoms with E-state index in [9.17, 15) is 9.59 Å². The van der Waals surface area contributed by atoms with E-state index in [4.69, 9.17) is 5.11 Å². The van der Waals surface area contributed by atoms with E-state index in [1.54, 1.807) is 11.1 Å². The minimum absolute atomic E-state index is 0.00506. The Labute approximate surface area is 103 Å². The van der Waals surface area contributed by atoms with Crippen LogP contribution in [0.5, 0.6) is 0 Å². The van der Waals surface area contributed by atoms with Crippen LogP contribution in [-0.2, 0) is 4.79 Å². The molecular formula is C11H14N2O3S. The number of likely N-dealkylation sites (tertiary alicyclic amines) is 1. The van der Waals surface area contributed by atoms with Gasteiger partial charge in [0.1, 0.15) is 4.88 Å². The number of hydrogen-bond acceptors (Lipinski definition) is 4. The van der Waals surface area contributed by atoms with E-state index in [1.807, 2.05) is 13.8 Å². The molecule has 1 fully saturated rings. The van der Waals surface area contributed by atoms with Gasteiger partial charge in [-0.3, -0.25) is 9.59 Å². The maximum atomic E-state index is 12.1. The van der Waals surface area contributed by atoms with Gasteiger partial charge >= 0.3 is 5.97 Å². The molecule has 1 aromatic rings. The summed E-state index contributed by atoms with van der Waals surface area (Å²) in [6, 6.07) is 0. The fourth-order valence-electron chi connectivity index (χ4n) is 2.07. The number of nitrogens with zero attached hydrogens (tertiary/aromatic N) is 2. The van der Waals surface area contributed by atoms with Crippen LogP contribution in [0.15, 0.2) is 6.20 Å². The Morgan fingerprint density at radius 1 is 1.53 bits per heavy atom. The molecule has 1 aliphatic heterocycles. The van der Waals surface area contributed by atoms with Crippen LogP contribution in [0.1, 0.15) is 21.6 Å². The van der Waals surface area contributed by atoms with Gasteiger partial charge in [-0.25, -0.2) is 4.98 Å². The number of carbonyl (C=O) groups is 2. The van der Waals surface area contributed by atoms with Crippen molar-refractivity contribution in [2.24, 2.45) is 11.8 Å². The molecule has 2 rings (SSSR count). The summed E-state index contributed by atoms with van der Waals surface area (Å²) in [5, 5.41) is 9.85. The first-order chi connectivity index (χ1) is 7.99. The van der Waals surface area contributed by atoms with Crippen LogP contribution in [0.2, 0.25) is 0 Å². The number of aryl methyl sites for hydroxylation is 1. The molecule has 0 bridgehead atoms. The van der Waals surface area contributed by atoms with E-state index in [0.717, 1.165) is 5.01 Å². The van der Waals surface area contributed by atoms with E-state index in [2.05, 4.69) is 4.98 Å². The third kappa shape index (κ3) is 2.31. The number of carboxylic acid groups (broad SMARTS) is 1. The topological polar surface area (TPSA) is 70.5 Å². The van der Waals surface area contributed by atoms with Crippen molar-refractivity contribution in [2.45, 2.75) is 13.8 Å². The third-order valence-electron chi connectivity index (χ3n) is 3.05. The van der Waals surface area contributed by atoms with Gasteiger partial charge in [-0.2, -0.15) is 0 Å². The van der Waals surface area contributed by atoms with Gasteiger partial charge in [0.15, 0.2) is 0 Å². The molecule has 92 valence electrons. The highest BCUT2D eigenvalue weighted by atomic mass is 32.1. The monoisotopic (exact) mass is 254 g/mol. The molecule has 0 saturated carbocycles. The molecular weight excluding hydrogens is 240 g/mol. The summed E-state index contributed by atoms with van der Waals surface area (Å²) in [5.74, 6) is -1.38. The maximum absolute atomic E-state index is 12.1. The van der Waals surface area contributed by atoms with Crippen molar-refractivity contribution in [3.8, 4) is 0 Å². The zero-order valence-electron chi connectivity index (χ0n) is 9.71. The van der Waals surface area contributed by atoms with Crippen molar-refractivity contribution >= 4 is 23.2 Å². The van der Waals surface area contributed by atoms with Gasteiger partial charge in [-0.1, -0.05) is 6.92 Å². The average Bonchev–Trinajstić information content (AvgIpc) is 2.83. The van der Waals surface area contributed by atoms with Crippen LogP contribution in [0.3, 0.4) is 0 Å². The smallest absolute Gasteiger partial charge is 0.308 e. The molecule has 2 heterocycles. The Bertz CT molecular complexity index is 457. The second-order valence-corrected chi connectivity index (χ2v) is 5.61. The zero-order chi connectivity index (χ0) is 12.6. The summed E-state index contributed by atoms with van der Waals surface area (Å²) < 4.78 is 0. The Morgan fingerprint density at radius 2 is 2.24 bits per heavy atom. The van der Waals surface area contributed by atoms with Gasteiger partial charge in [0.25, 0.3) is 5.91 Å². The SMILES string of the molecule is Cc1ncc(C(=O)N2CC(C)C(C(=O)O)C2)s1. The van der Waals surface area contributed by atoms with Crippen LogP contribution in [0.4, 0.5) is 0 Å². The first-order valence-corrected chi connectivity index (χ1v) is 6.25. The van der Waals surface area contributed by atoms with Gasteiger partial charge in [-0.05, 0) is 12.8 Å². The predicted octanol–water partition coefficient (Wildman–Crippen LogP) is 1.24. The number of amides is 1. The fraction of sp³-hybridized carbons (Fsp3) is 0.545. The fourth-order valence-corrected chi connectivity index (χ4v) is 2.82. The largest absolute Gasteiger partial charge is 0.481 e. The molecule has 1 amide bonds. The maximum Gasteiger partial charge on any atom is 0.308 e. The minimum Gasteiger partial charge on any atom is -0.481 e. The number of carboxylic acids is 1. The zero-order valence-corrected chi connectivity index (χ0v) is 10.5. The summed E-state index contributed by atoms with van der Waals surface area (Å²) in [5.41, 5.74) is 0. The van der Waals surface area contributed by atoms with Crippen molar-refractivity contribution in [1.82, 2.24) is 9.88 Å². The quantitative estimate of drug-likeness (QED) is 0.862. The molecule has 2 unspecified atom stereocenters. The second kappa shape index (κ2) is 4.44. The molecule has 1 N–H and O–H groups in total. The predicted molar refractivity (Wildman–Crippen MR) is 63.0 cm³/mol. The van der Waals surface area contributed by atoms with Gasteiger partial charge in [0, 0.05) is 13.1 Å². The number of hydrogen-bond donors (Lipinski definition) is 1. The van der Waals surface area contributed by atoms with Crippen LogP contribution >= 0.6 is 11.3 Å². The Balaban J connectivity index is 2.10. The second-order valence-electron chi connectivity index (χ2n) is 4.38. The lowest BCUT2D eigenvalue weighted by Crippen LogP contribution is -2.29. The van der Waals surface area contributed by atoms with Crippen molar-refractivity contribution in [3.63, 3.8) is 0 Å². The molecule has 0 spiro atoms. The number of thiazole rings is 1. The summed E-state index contributed by atoms with van der Waals surface area (Å²) in [6.07, 6.45) is 1.56. The number of rotatable bonds is 2. The lowest BCUT2D eigenvalue weighted by atomic mass is 9.99. The van der Waals surface area contributed by atoms with E-state index >= 15 is 0 Å². The molecule has 5 nitrogen and oxygen atoms in total. The van der Waals surface area contributed by atoms with E-state index < -0.39 is 11.9 Å². The first kappa shape index (κ1) is 12.0. The molecule has 6 heteroatoms. The van der Waals surface area contributed by atoms with Crippen molar-refractivity contribution in [2.75, 3.05) is 13.1 Å². The van der Waals surface area contributed by atoms with Crippen molar-refractivity contribution in [3.05, 3.63) is 16.1 Å². The molecule has 1 saturated heterocycles. The Kier molecular flexibility index (Phi) is 3.15. The molecule has 1 aromatic heterocycles. The number of aromatic nitrogens is 1. The van der Waals surface area contributed by atoms with Gasteiger partial charge in [-0.15, -0.1) is 11.3 Å². The molecule has 0 radical (unpaired) electrons. The molecule has 17 heavy (non-hydrogen) atoms. The highest BCUT2D eigenvalue weighted by Gasteiger charge is 2.37. The van der Waals surface area contributed by atoms with E-state index in [1.165, 1.54) is 11.3 Å². The Hall–Kier alpha value is -1.43. The standard InChI is InChI=1S/C11H14N2O3S/c1-6-4-13(5-8(6)11(15)16)10(14)9-3-12-7(2)17-9/h3,6,8H,4-5H2,1-2H3,(H,15,16). The third-order valence-corrected chi connectivity index (χ3v) is 3.95.